The molecule has 0 radical (unpaired) electrons. The van der Waals surface area contributed by atoms with Gasteiger partial charge in [-0.05, 0) is 32.0 Å². The first kappa shape index (κ1) is 16.9. The first-order valence-electron chi connectivity index (χ1n) is 6.83. The molecule has 0 aliphatic heterocycles. The Balaban J connectivity index is 2.34. The summed E-state index contributed by atoms with van der Waals surface area (Å²) in [6, 6.07) is 4.76. The molecule has 0 saturated heterocycles. The number of nitrogens with one attached hydrogen (secondary N) is 1. The minimum atomic E-state index is -0.249. The molecule has 0 amide bonds. The van der Waals surface area contributed by atoms with Crippen molar-refractivity contribution >= 4 is 0 Å². The highest BCUT2D eigenvalue weighted by Crippen LogP contribution is 2.27. The van der Waals surface area contributed by atoms with Crippen molar-refractivity contribution in [2.75, 3.05) is 40.6 Å². The lowest BCUT2D eigenvalue weighted by molar-refractivity contribution is 0.0693. The lowest BCUT2D eigenvalue weighted by Gasteiger charge is -2.18. The molecule has 0 heterocycles. The molecular weight excluding hydrogens is 261 g/mol. The van der Waals surface area contributed by atoms with Gasteiger partial charge in [0.15, 0.2) is 0 Å². The summed E-state index contributed by atoms with van der Waals surface area (Å²) in [7, 11) is 3.20. The largest absolute Gasteiger partial charge is 0.496 e. The molecule has 0 bridgehead atoms. The van der Waals surface area contributed by atoms with Crippen molar-refractivity contribution in [2.24, 2.45) is 0 Å². The van der Waals surface area contributed by atoms with Crippen LogP contribution in [0.4, 0.5) is 4.39 Å². The molecule has 4 nitrogen and oxygen atoms in total. The van der Waals surface area contributed by atoms with Gasteiger partial charge in [0.25, 0.3) is 0 Å². The standard InChI is InChI=1S/C15H24FNO3/c1-12(17-8-5-9-20-11-10-18-2)15-13(16)6-4-7-14(15)19-3/h4,6-7,12,17H,5,8-11H2,1-3H3. The van der Waals surface area contributed by atoms with E-state index in [1.807, 2.05) is 6.92 Å². The first-order valence-corrected chi connectivity index (χ1v) is 6.83. The summed E-state index contributed by atoms with van der Waals surface area (Å²) in [4.78, 5) is 0. The van der Waals surface area contributed by atoms with Crippen LogP contribution < -0.4 is 10.1 Å². The molecule has 114 valence electrons. The van der Waals surface area contributed by atoms with Crippen LogP contribution in [0.2, 0.25) is 0 Å². The molecule has 1 N–H and O–H groups in total. The normalized spacial score (nSPS) is 12.4. The minimum absolute atomic E-state index is 0.106. The summed E-state index contributed by atoms with van der Waals surface area (Å²) in [5.41, 5.74) is 0.565. The highest BCUT2D eigenvalue weighted by atomic mass is 19.1. The molecule has 1 atom stereocenters. The second-order valence-corrected chi connectivity index (χ2v) is 4.49. The predicted octanol–water partition coefficient (Wildman–Crippen LogP) is 2.54. The van der Waals surface area contributed by atoms with E-state index in [-0.39, 0.29) is 11.9 Å². The maximum atomic E-state index is 13.8. The molecule has 0 spiro atoms. The van der Waals surface area contributed by atoms with Gasteiger partial charge >= 0.3 is 0 Å². The van der Waals surface area contributed by atoms with E-state index in [1.165, 1.54) is 6.07 Å². The van der Waals surface area contributed by atoms with E-state index in [2.05, 4.69) is 5.32 Å². The lowest BCUT2D eigenvalue weighted by atomic mass is 10.1. The second-order valence-electron chi connectivity index (χ2n) is 4.49. The SMILES string of the molecule is COCCOCCCNC(C)c1c(F)cccc1OC. The van der Waals surface area contributed by atoms with E-state index < -0.39 is 0 Å². The van der Waals surface area contributed by atoms with Crippen molar-refractivity contribution in [3.63, 3.8) is 0 Å². The van der Waals surface area contributed by atoms with Gasteiger partial charge in [0, 0.05) is 25.3 Å². The number of methoxy groups -OCH3 is 2. The quantitative estimate of drug-likeness (QED) is 0.671. The Labute approximate surface area is 120 Å². The van der Waals surface area contributed by atoms with Gasteiger partial charge < -0.3 is 19.5 Å². The highest BCUT2D eigenvalue weighted by molar-refractivity contribution is 5.36. The summed E-state index contributed by atoms with van der Waals surface area (Å²) < 4.78 is 29.3. The molecule has 0 aliphatic carbocycles. The lowest BCUT2D eigenvalue weighted by Crippen LogP contribution is -2.22. The van der Waals surface area contributed by atoms with Crippen LogP contribution in [0.25, 0.3) is 0 Å². The molecule has 1 aromatic carbocycles. The summed E-state index contributed by atoms with van der Waals surface area (Å²) in [5, 5.41) is 3.27. The van der Waals surface area contributed by atoms with Crippen molar-refractivity contribution in [1.82, 2.24) is 5.32 Å². The Hall–Kier alpha value is -1.17. The van der Waals surface area contributed by atoms with Crippen LogP contribution in [-0.4, -0.2) is 40.6 Å². The summed E-state index contributed by atoms with van der Waals surface area (Å²) >= 11 is 0. The molecule has 1 aromatic rings. The van der Waals surface area contributed by atoms with Gasteiger partial charge in [0.05, 0.1) is 20.3 Å². The molecule has 5 heteroatoms. The van der Waals surface area contributed by atoms with Crippen molar-refractivity contribution in [3.05, 3.63) is 29.6 Å². The smallest absolute Gasteiger partial charge is 0.131 e. The zero-order chi connectivity index (χ0) is 14.8. The number of benzene rings is 1. The monoisotopic (exact) mass is 285 g/mol. The van der Waals surface area contributed by atoms with Crippen molar-refractivity contribution < 1.29 is 18.6 Å². The molecule has 1 rings (SSSR count). The Kier molecular flexibility index (Phi) is 8.18. The van der Waals surface area contributed by atoms with Crippen LogP contribution in [0.15, 0.2) is 18.2 Å². The minimum Gasteiger partial charge on any atom is -0.496 e. The van der Waals surface area contributed by atoms with E-state index in [0.29, 0.717) is 31.1 Å². The Morgan fingerprint density at radius 3 is 2.70 bits per heavy atom. The maximum Gasteiger partial charge on any atom is 0.131 e. The van der Waals surface area contributed by atoms with Gasteiger partial charge in [0.2, 0.25) is 0 Å². The maximum absolute atomic E-state index is 13.8. The molecule has 0 fully saturated rings. The second kappa shape index (κ2) is 9.69. The zero-order valence-electron chi connectivity index (χ0n) is 12.4. The average molecular weight is 285 g/mol. The number of ether oxygens (including phenoxy) is 3. The summed E-state index contributed by atoms with van der Waals surface area (Å²) in [5.74, 6) is 0.321. The average Bonchev–Trinajstić information content (AvgIpc) is 2.45. The fourth-order valence-corrected chi connectivity index (χ4v) is 1.95. The summed E-state index contributed by atoms with van der Waals surface area (Å²) in [6.07, 6.45) is 0.866. The van der Waals surface area contributed by atoms with Gasteiger partial charge in [-0.1, -0.05) is 6.07 Å². The first-order chi connectivity index (χ1) is 9.70. The molecular formula is C15H24FNO3. The number of rotatable bonds is 10. The van der Waals surface area contributed by atoms with Gasteiger partial charge in [-0.15, -0.1) is 0 Å². The third-order valence-corrected chi connectivity index (χ3v) is 3.01. The Bertz CT molecular complexity index is 387. The summed E-state index contributed by atoms with van der Waals surface area (Å²) in [6.45, 7) is 4.55. The molecule has 0 saturated carbocycles. The Morgan fingerprint density at radius 1 is 1.20 bits per heavy atom. The fraction of sp³-hybridized carbons (Fsp3) is 0.600. The van der Waals surface area contributed by atoms with Gasteiger partial charge in [-0.3, -0.25) is 0 Å². The van der Waals surface area contributed by atoms with E-state index in [4.69, 9.17) is 14.2 Å². The topological polar surface area (TPSA) is 39.7 Å². The predicted molar refractivity (Wildman–Crippen MR) is 76.7 cm³/mol. The van der Waals surface area contributed by atoms with E-state index >= 15 is 0 Å². The highest BCUT2D eigenvalue weighted by Gasteiger charge is 2.15. The van der Waals surface area contributed by atoms with Crippen LogP contribution >= 0.6 is 0 Å². The fourth-order valence-electron chi connectivity index (χ4n) is 1.95. The van der Waals surface area contributed by atoms with Crippen molar-refractivity contribution in [3.8, 4) is 5.75 Å². The van der Waals surface area contributed by atoms with Crippen LogP contribution in [0, 0.1) is 5.82 Å². The third-order valence-electron chi connectivity index (χ3n) is 3.01. The molecule has 0 aromatic heterocycles. The van der Waals surface area contributed by atoms with Gasteiger partial charge in [0.1, 0.15) is 11.6 Å². The molecule has 20 heavy (non-hydrogen) atoms. The zero-order valence-corrected chi connectivity index (χ0v) is 12.4. The van der Waals surface area contributed by atoms with Crippen molar-refractivity contribution in [2.45, 2.75) is 19.4 Å². The molecule has 0 aliphatic rings. The third kappa shape index (κ3) is 5.45. The van der Waals surface area contributed by atoms with Gasteiger partial charge in [-0.25, -0.2) is 4.39 Å². The van der Waals surface area contributed by atoms with Crippen LogP contribution in [0.3, 0.4) is 0 Å². The van der Waals surface area contributed by atoms with Crippen molar-refractivity contribution in [1.29, 1.82) is 0 Å². The van der Waals surface area contributed by atoms with Crippen LogP contribution in [-0.2, 0) is 9.47 Å². The number of hydrogen-bond donors (Lipinski definition) is 1. The van der Waals surface area contributed by atoms with E-state index in [9.17, 15) is 4.39 Å². The van der Waals surface area contributed by atoms with E-state index in [0.717, 1.165) is 13.0 Å². The number of hydrogen-bond acceptors (Lipinski definition) is 4. The van der Waals surface area contributed by atoms with Crippen LogP contribution in [0.1, 0.15) is 24.9 Å². The number of halogens is 1. The Morgan fingerprint density at radius 2 is 2.00 bits per heavy atom. The van der Waals surface area contributed by atoms with Crippen LogP contribution in [0.5, 0.6) is 5.75 Å². The van der Waals surface area contributed by atoms with E-state index in [1.54, 1.807) is 26.4 Å². The van der Waals surface area contributed by atoms with Gasteiger partial charge in [-0.2, -0.15) is 0 Å². The molecule has 1 unspecified atom stereocenters.